The highest BCUT2D eigenvalue weighted by molar-refractivity contribution is 7.27. The molecule has 3 aromatic heterocycles. The number of rotatable bonds is 2. The number of hydrogen-bond acceptors (Lipinski definition) is 2. The number of benzene rings is 6. The van der Waals surface area contributed by atoms with Gasteiger partial charge in [0.25, 0.3) is 0 Å². The van der Waals surface area contributed by atoms with Crippen LogP contribution in [0.25, 0.3) is 79.0 Å². The van der Waals surface area contributed by atoms with Gasteiger partial charge < -0.3 is 4.57 Å². The van der Waals surface area contributed by atoms with Crippen molar-refractivity contribution in [2.24, 2.45) is 0 Å². The van der Waals surface area contributed by atoms with Crippen LogP contribution in [0.15, 0.2) is 127 Å². The molecule has 0 unspecified atom stereocenters. The standard InChI is InChI=1S/C36H21NS2/c1-4-16-30-29(13-1)34-31(20-19-28-26-12-3-6-18-33(26)39-36(28)34)37(30)23-10-7-9-22(21-23)24-14-8-15-27-25-11-2-5-17-32(25)38-35(24)27/h1-21H. The van der Waals surface area contributed by atoms with Crippen molar-refractivity contribution in [3.05, 3.63) is 127 Å². The SMILES string of the molecule is c1cc(-c2cccc3c2sc2ccccc23)cc(-n2c3ccccc3c3c4sc5ccccc5c4ccc32)c1. The first kappa shape index (κ1) is 21.5. The molecule has 182 valence electrons. The van der Waals surface area contributed by atoms with Crippen molar-refractivity contribution in [1.82, 2.24) is 4.57 Å². The van der Waals surface area contributed by atoms with Crippen molar-refractivity contribution in [2.75, 3.05) is 0 Å². The smallest absolute Gasteiger partial charge is 0.0555 e. The number of aromatic nitrogens is 1. The van der Waals surface area contributed by atoms with Gasteiger partial charge in [0.2, 0.25) is 0 Å². The monoisotopic (exact) mass is 531 g/mol. The van der Waals surface area contributed by atoms with Crippen LogP contribution in [0.1, 0.15) is 0 Å². The minimum absolute atomic E-state index is 1.19. The van der Waals surface area contributed by atoms with E-state index in [2.05, 4.69) is 132 Å². The molecule has 3 heterocycles. The second kappa shape index (κ2) is 8.03. The Hall–Kier alpha value is -4.44. The highest BCUT2D eigenvalue weighted by Gasteiger charge is 2.18. The molecular weight excluding hydrogens is 511 g/mol. The molecule has 0 bridgehead atoms. The van der Waals surface area contributed by atoms with Crippen LogP contribution in [0.5, 0.6) is 0 Å². The fourth-order valence-corrected chi connectivity index (χ4v) is 8.80. The fraction of sp³-hybridized carbons (Fsp3) is 0. The third-order valence-electron chi connectivity index (χ3n) is 8.00. The van der Waals surface area contributed by atoms with Gasteiger partial charge in [0.15, 0.2) is 0 Å². The number of fused-ring (bicyclic) bond motifs is 10. The molecule has 0 saturated heterocycles. The van der Waals surface area contributed by atoms with E-state index in [-0.39, 0.29) is 0 Å². The Balaban J connectivity index is 1.33. The maximum Gasteiger partial charge on any atom is 0.0555 e. The van der Waals surface area contributed by atoms with Crippen molar-refractivity contribution >= 4 is 84.8 Å². The minimum atomic E-state index is 1.19. The third kappa shape index (κ3) is 3.00. The summed E-state index contributed by atoms with van der Waals surface area (Å²) in [5.41, 5.74) is 6.24. The van der Waals surface area contributed by atoms with Gasteiger partial charge >= 0.3 is 0 Å². The molecule has 0 radical (unpaired) electrons. The van der Waals surface area contributed by atoms with Gasteiger partial charge in [-0.25, -0.2) is 0 Å². The molecule has 0 aliphatic carbocycles. The first-order valence-corrected chi connectivity index (χ1v) is 14.8. The summed E-state index contributed by atoms with van der Waals surface area (Å²) in [4.78, 5) is 0. The third-order valence-corrected chi connectivity index (χ3v) is 10.4. The maximum atomic E-state index is 2.45. The summed E-state index contributed by atoms with van der Waals surface area (Å²) in [5.74, 6) is 0. The summed E-state index contributed by atoms with van der Waals surface area (Å²) >= 11 is 3.80. The lowest BCUT2D eigenvalue weighted by Gasteiger charge is -2.11. The zero-order valence-corrected chi connectivity index (χ0v) is 22.5. The molecule has 0 atom stereocenters. The topological polar surface area (TPSA) is 4.93 Å². The molecule has 0 aliphatic rings. The molecule has 9 aromatic rings. The van der Waals surface area contributed by atoms with Crippen molar-refractivity contribution < 1.29 is 0 Å². The van der Waals surface area contributed by atoms with Gasteiger partial charge in [0.1, 0.15) is 0 Å². The molecule has 1 nitrogen and oxygen atoms in total. The Kier molecular flexibility index (Phi) is 4.43. The van der Waals surface area contributed by atoms with Crippen LogP contribution < -0.4 is 0 Å². The minimum Gasteiger partial charge on any atom is -0.309 e. The van der Waals surface area contributed by atoms with E-state index in [1.165, 1.54) is 79.0 Å². The summed E-state index contributed by atoms with van der Waals surface area (Å²) in [7, 11) is 0. The lowest BCUT2D eigenvalue weighted by Crippen LogP contribution is -1.94. The molecule has 6 aromatic carbocycles. The summed E-state index contributed by atoms with van der Waals surface area (Å²) in [6.45, 7) is 0. The second-order valence-corrected chi connectivity index (χ2v) is 12.2. The molecule has 3 heteroatoms. The predicted molar refractivity (Wildman–Crippen MR) is 172 cm³/mol. The van der Waals surface area contributed by atoms with Crippen LogP contribution >= 0.6 is 22.7 Å². The van der Waals surface area contributed by atoms with Crippen LogP contribution in [0, 0.1) is 0 Å². The van der Waals surface area contributed by atoms with E-state index in [4.69, 9.17) is 0 Å². The Bertz CT molecular complexity index is 2400. The fourth-order valence-electron chi connectivity index (χ4n) is 6.30. The van der Waals surface area contributed by atoms with E-state index in [9.17, 15) is 0 Å². The summed E-state index contributed by atoms with van der Waals surface area (Å²) < 4.78 is 7.85. The zero-order chi connectivity index (χ0) is 25.5. The normalized spacial score (nSPS) is 12.1. The van der Waals surface area contributed by atoms with E-state index < -0.39 is 0 Å². The first-order chi connectivity index (χ1) is 19.3. The quantitative estimate of drug-likeness (QED) is 0.209. The highest BCUT2D eigenvalue weighted by atomic mass is 32.1. The molecule has 9 rings (SSSR count). The molecular formula is C36H21NS2. The summed E-state index contributed by atoms with van der Waals surface area (Å²) in [5, 5.41) is 8.02. The van der Waals surface area contributed by atoms with Gasteiger partial charge in [0, 0.05) is 56.8 Å². The van der Waals surface area contributed by atoms with E-state index >= 15 is 0 Å². The van der Waals surface area contributed by atoms with Crippen LogP contribution in [0.2, 0.25) is 0 Å². The molecule has 0 amide bonds. The van der Waals surface area contributed by atoms with Gasteiger partial charge in [-0.2, -0.15) is 0 Å². The van der Waals surface area contributed by atoms with E-state index in [0.717, 1.165) is 0 Å². The Morgan fingerprint density at radius 2 is 1.08 bits per heavy atom. The Morgan fingerprint density at radius 1 is 0.436 bits per heavy atom. The molecule has 0 spiro atoms. The van der Waals surface area contributed by atoms with Crippen molar-refractivity contribution in [3.63, 3.8) is 0 Å². The molecule has 39 heavy (non-hydrogen) atoms. The Labute approximate surface area is 232 Å². The number of para-hydroxylation sites is 1. The van der Waals surface area contributed by atoms with Gasteiger partial charge in [0.05, 0.1) is 11.0 Å². The number of nitrogens with zero attached hydrogens (tertiary/aromatic N) is 1. The lowest BCUT2D eigenvalue weighted by molar-refractivity contribution is 1.18. The van der Waals surface area contributed by atoms with Crippen LogP contribution in [-0.2, 0) is 0 Å². The highest BCUT2D eigenvalue weighted by Crippen LogP contribution is 2.44. The van der Waals surface area contributed by atoms with Gasteiger partial charge in [-0.05, 0) is 47.5 Å². The second-order valence-electron chi connectivity index (χ2n) is 10.1. The number of hydrogen-bond donors (Lipinski definition) is 0. The predicted octanol–water partition coefficient (Wildman–Crippen LogP) is 11.2. The van der Waals surface area contributed by atoms with E-state index in [0.29, 0.717) is 0 Å². The Morgan fingerprint density at radius 3 is 1.90 bits per heavy atom. The molecule has 0 saturated carbocycles. The molecule has 0 N–H and O–H groups in total. The van der Waals surface area contributed by atoms with Crippen LogP contribution in [0.3, 0.4) is 0 Å². The zero-order valence-electron chi connectivity index (χ0n) is 20.9. The number of thiophene rings is 2. The van der Waals surface area contributed by atoms with Gasteiger partial charge in [-0.15, -0.1) is 22.7 Å². The van der Waals surface area contributed by atoms with Crippen LogP contribution in [-0.4, -0.2) is 4.57 Å². The van der Waals surface area contributed by atoms with E-state index in [1.807, 2.05) is 22.7 Å². The lowest BCUT2D eigenvalue weighted by atomic mass is 10.0. The summed E-state index contributed by atoms with van der Waals surface area (Å²) in [6.07, 6.45) is 0. The molecule has 0 fully saturated rings. The average molecular weight is 532 g/mol. The van der Waals surface area contributed by atoms with Gasteiger partial charge in [-0.3, -0.25) is 0 Å². The summed E-state index contributed by atoms with van der Waals surface area (Å²) in [6, 6.07) is 46.8. The van der Waals surface area contributed by atoms with Gasteiger partial charge in [-0.1, -0.05) is 91.0 Å². The first-order valence-electron chi connectivity index (χ1n) is 13.2. The van der Waals surface area contributed by atoms with Crippen LogP contribution in [0.4, 0.5) is 0 Å². The van der Waals surface area contributed by atoms with Crippen molar-refractivity contribution in [2.45, 2.75) is 0 Å². The maximum absolute atomic E-state index is 2.45. The largest absolute Gasteiger partial charge is 0.309 e. The van der Waals surface area contributed by atoms with Crippen molar-refractivity contribution in [3.8, 4) is 16.8 Å². The van der Waals surface area contributed by atoms with E-state index in [1.54, 1.807) is 0 Å². The van der Waals surface area contributed by atoms with Crippen molar-refractivity contribution in [1.29, 1.82) is 0 Å². The molecule has 0 aliphatic heterocycles. The average Bonchev–Trinajstić information content (AvgIpc) is 3.66.